The normalized spacial score (nSPS) is 10.4. The standard InChI is InChI=1S/C17H16ClNO3/c1-2-11(20)6-5-9-19-17(22)14-10-15(18)12-7-3-4-8-13(12)16(14)21/h2-4,7-8,10,21H,1,5-6,9H2,(H,19,22). The molecule has 0 fully saturated rings. The topological polar surface area (TPSA) is 66.4 Å². The van der Waals surface area contributed by atoms with E-state index >= 15 is 0 Å². The highest BCUT2D eigenvalue weighted by Crippen LogP contribution is 2.34. The second kappa shape index (κ2) is 7.09. The van der Waals surface area contributed by atoms with Crippen LogP contribution < -0.4 is 5.32 Å². The third-order valence-corrected chi connectivity index (χ3v) is 3.64. The largest absolute Gasteiger partial charge is 0.506 e. The number of allylic oxidation sites excluding steroid dienone is 1. The highest BCUT2D eigenvalue weighted by molar-refractivity contribution is 6.36. The third kappa shape index (κ3) is 3.46. The number of ketones is 1. The monoisotopic (exact) mass is 317 g/mol. The van der Waals surface area contributed by atoms with Crippen LogP contribution in [0.25, 0.3) is 10.8 Å². The summed E-state index contributed by atoms with van der Waals surface area (Å²) in [5.41, 5.74) is 0.124. The molecule has 2 aromatic rings. The molecule has 0 aromatic heterocycles. The van der Waals surface area contributed by atoms with Gasteiger partial charge in [-0.3, -0.25) is 9.59 Å². The van der Waals surface area contributed by atoms with Crippen LogP contribution in [0.1, 0.15) is 23.2 Å². The second-order valence-corrected chi connectivity index (χ2v) is 5.24. The highest BCUT2D eigenvalue weighted by atomic mass is 35.5. The van der Waals surface area contributed by atoms with Crippen molar-refractivity contribution in [3.05, 3.63) is 53.6 Å². The van der Waals surface area contributed by atoms with Gasteiger partial charge in [0.15, 0.2) is 5.78 Å². The quantitative estimate of drug-likeness (QED) is 0.633. The number of rotatable bonds is 6. The van der Waals surface area contributed by atoms with Gasteiger partial charge >= 0.3 is 0 Å². The number of nitrogens with one attached hydrogen (secondary N) is 1. The molecule has 0 spiro atoms. The molecule has 0 radical (unpaired) electrons. The van der Waals surface area contributed by atoms with Crippen LogP contribution in [0.15, 0.2) is 43.0 Å². The lowest BCUT2D eigenvalue weighted by Crippen LogP contribution is -2.25. The maximum Gasteiger partial charge on any atom is 0.255 e. The summed E-state index contributed by atoms with van der Waals surface area (Å²) >= 11 is 6.15. The Morgan fingerprint density at radius 1 is 1.27 bits per heavy atom. The summed E-state index contributed by atoms with van der Waals surface area (Å²) in [6.07, 6.45) is 2.10. The fraction of sp³-hybridized carbons (Fsp3) is 0.176. The van der Waals surface area contributed by atoms with Crippen molar-refractivity contribution in [2.75, 3.05) is 6.54 Å². The van der Waals surface area contributed by atoms with Crippen LogP contribution in [0.5, 0.6) is 5.75 Å². The molecule has 0 aliphatic carbocycles. The molecule has 1 amide bonds. The Hall–Kier alpha value is -2.33. The number of amides is 1. The van der Waals surface area contributed by atoms with E-state index in [-0.39, 0.29) is 17.1 Å². The number of phenols is 1. The number of hydrogen-bond acceptors (Lipinski definition) is 3. The molecule has 0 saturated carbocycles. The van der Waals surface area contributed by atoms with Crippen molar-refractivity contribution in [2.45, 2.75) is 12.8 Å². The molecule has 22 heavy (non-hydrogen) atoms. The first-order valence-electron chi connectivity index (χ1n) is 6.88. The molecular formula is C17H16ClNO3. The average Bonchev–Trinajstić information content (AvgIpc) is 2.54. The Morgan fingerprint density at radius 3 is 2.64 bits per heavy atom. The molecule has 5 heteroatoms. The van der Waals surface area contributed by atoms with Crippen LogP contribution in [-0.4, -0.2) is 23.3 Å². The molecule has 0 aliphatic rings. The van der Waals surface area contributed by atoms with Crippen LogP contribution in [0.3, 0.4) is 0 Å². The van der Waals surface area contributed by atoms with Gasteiger partial charge in [-0.2, -0.15) is 0 Å². The van der Waals surface area contributed by atoms with Gasteiger partial charge in [0, 0.05) is 28.8 Å². The number of carbonyl (C=O) groups is 2. The van der Waals surface area contributed by atoms with Crippen molar-refractivity contribution in [2.24, 2.45) is 0 Å². The molecule has 0 unspecified atom stereocenters. The lowest BCUT2D eigenvalue weighted by atomic mass is 10.0. The highest BCUT2D eigenvalue weighted by Gasteiger charge is 2.16. The minimum absolute atomic E-state index is 0.0640. The van der Waals surface area contributed by atoms with Crippen LogP contribution in [-0.2, 0) is 4.79 Å². The number of carbonyl (C=O) groups excluding carboxylic acids is 2. The first kappa shape index (κ1) is 16.0. The molecule has 0 heterocycles. The van der Waals surface area contributed by atoms with E-state index in [9.17, 15) is 14.7 Å². The molecule has 4 nitrogen and oxygen atoms in total. The molecule has 114 valence electrons. The lowest BCUT2D eigenvalue weighted by molar-refractivity contribution is -0.114. The van der Waals surface area contributed by atoms with Gasteiger partial charge in [-0.1, -0.05) is 42.4 Å². The maximum absolute atomic E-state index is 12.1. The van der Waals surface area contributed by atoms with E-state index in [2.05, 4.69) is 11.9 Å². The van der Waals surface area contributed by atoms with E-state index in [1.807, 2.05) is 6.07 Å². The van der Waals surface area contributed by atoms with E-state index in [0.29, 0.717) is 35.2 Å². The average molecular weight is 318 g/mol. The van der Waals surface area contributed by atoms with Gasteiger partial charge in [-0.25, -0.2) is 0 Å². The van der Waals surface area contributed by atoms with Gasteiger partial charge < -0.3 is 10.4 Å². The van der Waals surface area contributed by atoms with Gasteiger partial charge in [0.2, 0.25) is 0 Å². The molecule has 2 rings (SSSR count). The van der Waals surface area contributed by atoms with Gasteiger partial charge in [0.25, 0.3) is 5.91 Å². The van der Waals surface area contributed by atoms with Crippen LogP contribution in [0, 0.1) is 0 Å². The summed E-state index contributed by atoms with van der Waals surface area (Å²) in [6, 6.07) is 8.50. The second-order valence-electron chi connectivity index (χ2n) is 4.83. The summed E-state index contributed by atoms with van der Waals surface area (Å²) < 4.78 is 0. The fourth-order valence-corrected chi connectivity index (χ4v) is 2.42. The number of benzene rings is 2. The fourth-order valence-electron chi connectivity index (χ4n) is 2.15. The zero-order valence-corrected chi connectivity index (χ0v) is 12.7. The third-order valence-electron chi connectivity index (χ3n) is 3.32. The summed E-state index contributed by atoms with van der Waals surface area (Å²) in [7, 11) is 0. The molecule has 2 aromatic carbocycles. The molecule has 0 saturated heterocycles. The Kier molecular flexibility index (Phi) is 5.17. The van der Waals surface area contributed by atoms with Gasteiger partial charge in [-0.15, -0.1) is 0 Å². The molecular weight excluding hydrogens is 302 g/mol. The summed E-state index contributed by atoms with van der Waals surface area (Å²) in [6.45, 7) is 3.72. The van der Waals surface area contributed by atoms with Gasteiger partial charge in [0.1, 0.15) is 5.75 Å². The SMILES string of the molecule is C=CC(=O)CCCNC(=O)c1cc(Cl)c2ccccc2c1O. The van der Waals surface area contributed by atoms with Gasteiger partial charge in [0.05, 0.1) is 5.56 Å². The number of hydrogen-bond donors (Lipinski definition) is 2. The van der Waals surface area contributed by atoms with Crippen molar-refractivity contribution >= 4 is 34.1 Å². The smallest absolute Gasteiger partial charge is 0.255 e. The summed E-state index contributed by atoms with van der Waals surface area (Å²) in [4.78, 5) is 23.2. The number of fused-ring (bicyclic) bond motifs is 1. The first-order chi connectivity index (χ1) is 10.5. The minimum Gasteiger partial charge on any atom is -0.506 e. The van der Waals surface area contributed by atoms with Crippen molar-refractivity contribution < 1.29 is 14.7 Å². The van der Waals surface area contributed by atoms with Crippen LogP contribution in [0.2, 0.25) is 5.02 Å². The maximum atomic E-state index is 12.1. The summed E-state index contributed by atoms with van der Waals surface area (Å²) in [5, 5.41) is 14.5. The van der Waals surface area contributed by atoms with E-state index < -0.39 is 5.91 Å². The number of aromatic hydroxyl groups is 1. The van der Waals surface area contributed by atoms with Crippen molar-refractivity contribution in [1.82, 2.24) is 5.32 Å². The Balaban J connectivity index is 2.13. The Labute approximate surface area is 133 Å². The van der Waals surface area contributed by atoms with Crippen molar-refractivity contribution in [3.63, 3.8) is 0 Å². The molecule has 2 N–H and O–H groups in total. The number of phenolic OH excluding ortho intramolecular Hbond substituents is 1. The summed E-state index contributed by atoms with van der Waals surface area (Å²) in [5.74, 6) is -0.582. The van der Waals surface area contributed by atoms with E-state index in [0.717, 1.165) is 0 Å². The Bertz CT molecular complexity index is 740. The van der Waals surface area contributed by atoms with Crippen LogP contribution in [0.4, 0.5) is 0 Å². The number of halogens is 1. The van der Waals surface area contributed by atoms with E-state index in [1.165, 1.54) is 12.1 Å². The molecule has 0 aliphatic heterocycles. The van der Waals surface area contributed by atoms with Crippen molar-refractivity contribution in [3.8, 4) is 5.75 Å². The van der Waals surface area contributed by atoms with E-state index in [1.54, 1.807) is 18.2 Å². The zero-order valence-electron chi connectivity index (χ0n) is 11.9. The lowest BCUT2D eigenvalue weighted by Gasteiger charge is -2.10. The first-order valence-corrected chi connectivity index (χ1v) is 7.26. The van der Waals surface area contributed by atoms with Crippen LogP contribution >= 0.6 is 11.6 Å². The predicted octanol–water partition coefficient (Wildman–Crippen LogP) is 3.46. The van der Waals surface area contributed by atoms with E-state index in [4.69, 9.17) is 11.6 Å². The van der Waals surface area contributed by atoms with Crippen molar-refractivity contribution in [1.29, 1.82) is 0 Å². The molecule has 0 atom stereocenters. The minimum atomic E-state index is -0.420. The molecule has 0 bridgehead atoms. The predicted molar refractivity (Wildman–Crippen MR) is 87.4 cm³/mol. The Morgan fingerprint density at radius 2 is 1.95 bits per heavy atom. The van der Waals surface area contributed by atoms with Gasteiger partial charge in [-0.05, 0) is 18.6 Å². The zero-order chi connectivity index (χ0) is 16.1.